The molecule has 0 atom stereocenters. The topological polar surface area (TPSA) is 51.6 Å². The van der Waals surface area contributed by atoms with Gasteiger partial charge in [-0.1, -0.05) is 182 Å². The third-order valence-corrected chi connectivity index (χ3v) is 12.2. The van der Waals surface area contributed by atoms with Crippen LogP contribution in [-0.2, 0) is 0 Å². The van der Waals surface area contributed by atoms with E-state index in [1.165, 1.54) is 25.7 Å². The van der Waals surface area contributed by atoms with E-state index in [1.54, 1.807) is 0 Å². The van der Waals surface area contributed by atoms with E-state index in [9.17, 15) is 0 Å². The number of hydrogen-bond donors (Lipinski definition) is 0. The molecule has 0 aliphatic heterocycles. The molecule has 61 heavy (non-hydrogen) atoms. The van der Waals surface area contributed by atoms with Crippen molar-refractivity contribution < 1.29 is 0 Å². The molecule has 0 saturated carbocycles. The Morgan fingerprint density at radius 2 is 0.656 bits per heavy atom. The maximum atomic E-state index is 5.12. The molecule has 5 heteroatoms. The van der Waals surface area contributed by atoms with Gasteiger partial charge in [0.05, 0.1) is 22.8 Å². The summed E-state index contributed by atoms with van der Waals surface area (Å²) >= 11 is 1.83. The number of rotatable bonds is 8. The number of fused-ring (bicyclic) bond motifs is 3. The SMILES string of the molecule is c1ccc(-c2cc(-c3ccccc3)nc(-c3cccc(-c4ccc5c(c4)sc4cccc(-c6cccc(-c7nc(-c8ccccc8)cc(-c8ccccc8)n7)c6)c45)c3)n2)cc1. The lowest BCUT2D eigenvalue weighted by molar-refractivity contribution is 1.18. The number of aromatic nitrogens is 4. The largest absolute Gasteiger partial charge is 0.228 e. The Balaban J connectivity index is 0.970. The number of thiophene rings is 1. The van der Waals surface area contributed by atoms with E-state index in [0.717, 1.165) is 72.8 Å². The van der Waals surface area contributed by atoms with Crippen LogP contribution in [0.25, 0.3) is 110 Å². The van der Waals surface area contributed by atoms with E-state index in [1.807, 2.05) is 59.9 Å². The Morgan fingerprint density at radius 1 is 0.262 bits per heavy atom. The van der Waals surface area contributed by atoms with Crippen LogP contribution in [0.2, 0.25) is 0 Å². The first-order chi connectivity index (χ1) is 30.2. The Bertz CT molecular complexity index is 3230. The molecule has 3 heterocycles. The maximum Gasteiger partial charge on any atom is 0.160 e. The smallest absolute Gasteiger partial charge is 0.160 e. The molecule has 0 N–H and O–H groups in total. The second kappa shape index (κ2) is 15.7. The maximum absolute atomic E-state index is 5.12. The van der Waals surface area contributed by atoms with Crippen molar-refractivity contribution in [3.8, 4) is 90.1 Å². The highest BCUT2D eigenvalue weighted by molar-refractivity contribution is 7.26. The average Bonchev–Trinajstić information content (AvgIpc) is 3.73. The van der Waals surface area contributed by atoms with Crippen LogP contribution in [0.4, 0.5) is 0 Å². The molecule has 0 amide bonds. The van der Waals surface area contributed by atoms with Crippen LogP contribution in [0.1, 0.15) is 0 Å². The van der Waals surface area contributed by atoms with Crippen LogP contribution in [0, 0.1) is 0 Å². The predicted molar refractivity (Wildman–Crippen MR) is 254 cm³/mol. The zero-order valence-corrected chi connectivity index (χ0v) is 33.8. The molecule has 0 bridgehead atoms. The summed E-state index contributed by atoms with van der Waals surface area (Å²) < 4.78 is 2.48. The van der Waals surface area contributed by atoms with Crippen molar-refractivity contribution in [3.05, 3.63) is 218 Å². The highest BCUT2D eigenvalue weighted by atomic mass is 32.1. The van der Waals surface area contributed by atoms with Crippen molar-refractivity contribution in [2.24, 2.45) is 0 Å². The molecule has 11 rings (SSSR count). The number of nitrogens with zero attached hydrogens (tertiary/aromatic N) is 4. The van der Waals surface area contributed by atoms with Crippen LogP contribution in [0.5, 0.6) is 0 Å². The molecule has 286 valence electrons. The molecule has 11 aromatic rings. The third kappa shape index (κ3) is 7.18. The standard InChI is InChI=1S/C56H36N4S/c1-5-16-37(17-6-1)48-35-49(38-18-7-2-8-19-38)58-55(57-48)44-26-13-24-41(32-44)42-30-31-47-53(34-42)61-52-29-15-28-46(54(47)52)43-25-14-27-45(33-43)56-59-50(39-20-9-3-10-21-39)36-51(60-56)40-22-11-4-12-23-40/h1-36H. The van der Waals surface area contributed by atoms with Gasteiger partial charge in [0, 0.05) is 53.6 Å². The third-order valence-electron chi connectivity index (χ3n) is 11.1. The average molecular weight is 797 g/mol. The Morgan fingerprint density at radius 3 is 1.15 bits per heavy atom. The van der Waals surface area contributed by atoms with Gasteiger partial charge >= 0.3 is 0 Å². The molecule has 0 aliphatic rings. The summed E-state index contributed by atoms with van der Waals surface area (Å²) in [6.45, 7) is 0. The van der Waals surface area contributed by atoms with E-state index in [-0.39, 0.29) is 0 Å². The zero-order valence-electron chi connectivity index (χ0n) is 33.0. The van der Waals surface area contributed by atoms with Crippen molar-refractivity contribution in [2.45, 2.75) is 0 Å². The Hall–Kier alpha value is -7.86. The van der Waals surface area contributed by atoms with Gasteiger partial charge in [-0.15, -0.1) is 11.3 Å². The molecule has 3 aromatic heterocycles. The molecule has 0 saturated heterocycles. The van der Waals surface area contributed by atoms with Gasteiger partial charge < -0.3 is 0 Å². The summed E-state index contributed by atoms with van der Waals surface area (Å²) in [4.78, 5) is 20.4. The fourth-order valence-electron chi connectivity index (χ4n) is 8.09. The molecule has 0 fully saturated rings. The molecular weight excluding hydrogens is 761 g/mol. The summed E-state index contributed by atoms with van der Waals surface area (Å²) in [5.41, 5.74) is 14.3. The first kappa shape index (κ1) is 36.2. The monoisotopic (exact) mass is 796 g/mol. The molecule has 4 nitrogen and oxygen atoms in total. The van der Waals surface area contributed by atoms with Crippen molar-refractivity contribution in [1.29, 1.82) is 0 Å². The first-order valence-electron chi connectivity index (χ1n) is 20.4. The molecule has 8 aromatic carbocycles. The second-order valence-corrected chi connectivity index (χ2v) is 16.1. The van der Waals surface area contributed by atoms with Gasteiger partial charge in [-0.2, -0.15) is 0 Å². The number of benzene rings is 8. The van der Waals surface area contributed by atoms with Crippen LogP contribution >= 0.6 is 11.3 Å². The summed E-state index contributed by atoms with van der Waals surface area (Å²) in [6.07, 6.45) is 0. The van der Waals surface area contributed by atoms with E-state index < -0.39 is 0 Å². The lowest BCUT2D eigenvalue weighted by Crippen LogP contribution is -1.96. The van der Waals surface area contributed by atoms with Gasteiger partial charge in [-0.3, -0.25) is 0 Å². The minimum absolute atomic E-state index is 0.699. The summed E-state index contributed by atoms with van der Waals surface area (Å²) in [7, 11) is 0. The minimum Gasteiger partial charge on any atom is -0.228 e. The number of hydrogen-bond acceptors (Lipinski definition) is 5. The summed E-state index contributed by atoms with van der Waals surface area (Å²) in [5.74, 6) is 1.40. The minimum atomic E-state index is 0.699. The lowest BCUT2D eigenvalue weighted by Gasteiger charge is -2.11. The highest BCUT2D eigenvalue weighted by Crippen LogP contribution is 2.42. The molecule has 0 aliphatic carbocycles. The van der Waals surface area contributed by atoms with Gasteiger partial charge in [-0.25, -0.2) is 19.9 Å². The molecule has 0 unspecified atom stereocenters. The molecule has 0 radical (unpaired) electrons. The Kier molecular flexibility index (Phi) is 9.34. The quantitative estimate of drug-likeness (QED) is 0.154. The van der Waals surface area contributed by atoms with Gasteiger partial charge in [0.2, 0.25) is 0 Å². The van der Waals surface area contributed by atoms with Gasteiger partial charge in [0.15, 0.2) is 11.6 Å². The van der Waals surface area contributed by atoms with Crippen LogP contribution < -0.4 is 0 Å². The Labute approximate surface area is 358 Å². The lowest BCUT2D eigenvalue weighted by atomic mass is 9.96. The summed E-state index contributed by atoms with van der Waals surface area (Å²) in [6, 6.07) is 76.2. The molecule has 0 spiro atoms. The van der Waals surface area contributed by atoms with E-state index in [0.29, 0.717) is 11.6 Å². The second-order valence-electron chi connectivity index (χ2n) is 15.0. The van der Waals surface area contributed by atoms with E-state index in [4.69, 9.17) is 19.9 Å². The van der Waals surface area contributed by atoms with Crippen molar-refractivity contribution in [1.82, 2.24) is 19.9 Å². The van der Waals surface area contributed by atoms with Gasteiger partial charge in [0.1, 0.15) is 0 Å². The fraction of sp³-hybridized carbons (Fsp3) is 0. The van der Waals surface area contributed by atoms with Crippen molar-refractivity contribution in [3.63, 3.8) is 0 Å². The first-order valence-corrected chi connectivity index (χ1v) is 21.2. The zero-order chi connectivity index (χ0) is 40.5. The highest BCUT2D eigenvalue weighted by Gasteiger charge is 2.16. The summed E-state index contributed by atoms with van der Waals surface area (Å²) in [5, 5.41) is 2.49. The fourth-order valence-corrected chi connectivity index (χ4v) is 9.26. The normalized spacial score (nSPS) is 11.3. The van der Waals surface area contributed by atoms with Crippen LogP contribution in [-0.4, -0.2) is 19.9 Å². The van der Waals surface area contributed by atoms with E-state index in [2.05, 4.69) is 170 Å². The van der Waals surface area contributed by atoms with Crippen molar-refractivity contribution >= 4 is 31.5 Å². The van der Waals surface area contributed by atoms with Gasteiger partial charge in [0.25, 0.3) is 0 Å². The van der Waals surface area contributed by atoms with Crippen LogP contribution in [0.15, 0.2) is 218 Å². The van der Waals surface area contributed by atoms with Gasteiger partial charge in [-0.05, 0) is 58.7 Å². The molecular formula is C56H36N4S. The van der Waals surface area contributed by atoms with Crippen LogP contribution in [0.3, 0.4) is 0 Å². The van der Waals surface area contributed by atoms with Crippen molar-refractivity contribution in [2.75, 3.05) is 0 Å². The van der Waals surface area contributed by atoms with E-state index >= 15 is 0 Å². The predicted octanol–water partition coefficient (Wildman–Crippen LogP) is 15.0.